The maximum atomic E-state index is 13.4. The predicted molar refractivity (Wildman–Crippen MR) is 153 cm³/mol. The van der Waals surface area contributed by atoms with Gasteiger partial charge in [-0.3, -0.25) is 14.6 Å². The molecular formula is C30H37N7OS. The number of carbonyl (C=O) groups excluding carboxylic acids is 1. The van der Waals surface area contributed by atoms with Crippen LogP contribution in [0.5, 0.6) is 0 Å². The second-order valence-corrected chi connectivity index (χ2v) is 12.3. The van der Waals surface area contributed by atoms with Crippen molar-refractivity contribution in [2.75, 3.05) is 26.2 Å². The molecule has 204 valence electrons. The van der Waals surface area contributed by atoms with Crippen molar-refractivity contribution in [1.29, 1.82) is 0 Å². The highest BCUT2D eigenvalue weighted by Crippen LogP contribution is 2.41. The van der Waals surface area contributed by atoms with Crippen LogP contribution in [0.2, 0.25) is 0 Å². The van der Waals surface area contributed by atoms with E-state index in [-0.39, 0.29) is 5.91 Å². The van der Waals surface area contributed by atoms with Gasteiger partial charge >= 0.3 is 0 Å². The quantitative estimate of drug-likeness (QED) is 0.316. The molecule has 2 aliphatic rings. The van der Waals surface area contributed by atoms with Gasteiger partial charge in [0.25, 0.3) is 5.91 Å². The maximum Gasteiger partial charge on any atom is 0.254 e. The number of aryl methyl sites for hydroxylation is 1. The summed E-state index contributed by atoms with van der Waals surface area (Å²) in [4.78, 5) is 36.7. The second kappa shape index (κ2) is 11.5. The Balaban J connectivity index is 1.03. The van der Waals surface area contributed by atoms with Crippen LogP contribution in [0, 0.1) is 12.3 Å². The number of likely N-dealkylation sites (tertiary alicyclic amines) is 2. The Bertz CT molecular complexity index is 1300. The van der Waals surface area contributed by atoms with Gasteiger partial charge < -0.3 is 14.9 Å². The highest BCUT2D eigenvalue weighted by Gasteiger charge is 2.40. The van der Waals surface area contributed by atoms with Crippen molar-refractivity contribution in [2.45, 2.75) is 52.4 Å². The molecule has 0 saturated carbocycles. The molecule has 4 aromatic rings. The van der Waals surface area contributed by atoms with E-state index < -0.39 is 0 Å². The maximum absolute atomic E-state index is 13.4. The number of hydrogen-bond acceptors (Lipinski definition) is 6. The van der Waals surface area contributed by atoms with Crippen LogP contribution in [0.4, 0.5) is 0 Å². The Morgan fingerprint density at radius 2 is 1.59 bits per heavy atom. The number of benzene rings is 1. The van der Waals surface area contributed by atoms with E-state index in [1.54, 1.807) is 29.7 Å². The van der Waals surface area contributed by atoms with Crippen LogP contribution in [-0.4, -0.2) is 66.7 Å². The summed E-state index contributed by atoms with van der Waals surface area (Å²) >= 11 is 1.89. The third-order valence-electron chi connectivity index (χ3n) is 8.28. The smallest absolute Gasteiger partial charge is 0.254 e. The van der Waals surface area contributed by atoms with Crippen molar-refractivity contribution in [3.8, 4) is 0 Å². The van der Waals surface area contributed by atoms with Gasteiger partial charge in [0, 0.05) is 54.9 Å². The first-order chi connectivity index (χ1) is 19.0. The molecule has 0 radical (unpaired) electrons. The van der Waals surface area contributed by atoms with Crippen LogP contribution in [0.25, 0.3) is 0 Å². The average Bonchev–Trinajstić information content (AvgIpc) is 3.76. The summed E-state index contributed by atoms with van der Waals surface area (Å²) in [6.07, 6.45) is 10.8. The van der Waals surface area contributed by atoms with Crippen molar-refractivity contribution in [3.05, 3.63) is 93.7 Å². The molecule has 2 fully saturated rings. The Morgan fingerprint density at radius 3 is 2.15 bits per heavy atom. The topological polar surface area (TPSA) is 84.2 Å². The van der Waals surface area contributed by atoms with Crippen LogP contribution in [-0.2, 0) is 26.2 Å². The molecule has 39 heavy (non-hydrogen) atoms. The zero-order valence-corrected chi connectivity index (χ0v) is 23.4. The van der Waals surface area contributed by atoms with Crippen LogP contribution < -0.4 is 0 Å². The number of carbonyl (C=O) groups is 1. The third kappa shape index (κ3) is 6.32. The average molecular weight is 544 g/mol. The molecule has 1 spiro atoms. The highest BCUT2D eigenvalue weighted by molar-refractivity contribution is 7.10. The van der Waals surface area contributed by atoms with Crippen molar-refractivity contribution in [2.24, 2.45) is 5.41 Å². The predicted octanol–water partition coefficient (Wildman–Crippen LogP) is 4.83. The molecule has 0 aliphatic carbocycles. The fourth-order valence-corrected chi connectivity index (χ4v) is 6.99. The monoisotopic (exact) mass is 543 g/mol. The van der Waals surface area contributed by atoms with Crippen LogP contribution >= 0.6 is 11.3 Å². The number of amides is 1. The largest absolute Gasteiger partial charge is 0.347 e. The Labute approximate surface area is 234 Å². The molecule has 2 aliphatic heterocycles. The molecule has 6 rings (SSSR count). The molecule has 5 heterocycles. The van der Waals surface area contributed by atoms with E-state index in [9.17, 15) is 4.79 Å². The number of nitrogens with one attached hydrogen (secondary N) is 2. The van der Waals surface area contributed by atoms with Gasteiger partial charge in [-0.05, 0) is 85.9 Å². The van der Waals surface area contributed by atoms with Gasteiger partial charge in [0.2, 0.25) is 0 Å². The lowest BCUT2D eigenvalue weighted by atomic mass is 9.78. The SMILES string of the molecule is Cc1csc(CN2CCC3(CC2)CCN(Cc2ccc(C(=O)N(Cc4ncc[nH]4)Cc4ncc[nH]4)cc2)C3)c1. The fraction of sp³-hybridized carbons (Fsp3) is 0.433. The molecule has 2 N–H and O–H groups in total. The van der Waals surface area contributed by atoms with Crippen molar-refractivity contribution in [3.63, 3.8) is 0 Å². The van der Waals surface area contributed by atoms with E-state index in [0.29, 0.717) is 24.1 Å². The van der Waals surface area contributed by atoms with Gasteiger partial charge in [-0.2, -0.15) is 0 Å². The first kappa shape index (κ1) is 26.0. The molecule has 8 nitrogen and oxygen atoms in total. The van der Waals surface area contributed by atoms with E-state index in [1.807, 2.05) is 23.5 Å². The number of hydrogen-bond donors (Lipinski definition) is 2. The van der Waals surface area contributed by atoms with Crippen LogP contribution in [0.1, 0.15) is 57.3 Å². The number of rotatable bonds is 9. The summed E-state index contributed by atoms with van der Waals surface area (Å²) < 4.78 is 0. The molecule has 0 atom stereocenters. The van der Waals surface area contributed by atoms with E-state index >= 15 is 0 Å². The summed E-state index contributed by atoms with van der Waals surface area (Å²) in [6, 6.07) is 10.5. The van der Waals surface area contributed by atoms with Gasteiger partial charge in [0.15, 0.2) is 0 Å². The summed E-state index contributed by atoms with van der Waals surface area (Å²) in [5.74, 6) is 1.47. The van der Waals surface area contributed by atoms with Crippen molar-refractivity contribution < 1.29 is 4.79 Å². The molecule has 3 aromatic heterocycles. The lowest BCUT2D eigenvalue weighted by Crippen LogP contribution is -2.41. The summed E-state index contributed by atoms with van der Waals surface area (Å²) in [5, 5.41) is 2.26. The minimum Gasteiger partial charge on any atom is -0.347 e. The molecule has 2 saturated heterocycles. The van der Waals surface area contributed by atoms with Crippen LogP contribution in [0.3, 0.4) is 0 Å². The fourth-order valence-electron chi connectivity index (χ4n) is 6.07. The summed E-state index contributed by atoms with van der Waals surface area (Å²) in [5.41, 5.74) is 3.80. The van der Waals surface area contributed by atoms with Gasteiger partial charge in [0.05, 0.1) is 13.1 Å². The number of nitrogens with zero attached hydrogens (tertiary/aromatic N) is 5. The number of piperidine rings is 1. The minimum absolute atomic E-state index is 0.0288. The van der Waals surface area contributed by atoms with E-state index in [0.717, 1.165) is 31.3 Å². The summed E-state index contributed by atoms with van der Waals surface area (Å²) in [7, 11) is 0. The summed E-state index contributed by atoms with van der Waals surface area (Å²) in [6.45, 7) is 9.76. The van der Waals surface area contributed by atoms with E-state index in [1.165, 1.54) is 54.9 Å². The van der Waals surface area contributed by atoms with E-state index in [2.05, 4.69) is 60.2 Å². The van der Waals surface area contributed by atoms with Gasteiger partial charge in [-0.1, -0.05) is 12.1 Å². The molecule has 1 amide bonds. The number of imidazole rings is 2. The lowest BCUT2D eigenvalue weighted by Gasteiger charge is -2.39. The highest BCUT2D eigenvalue weighted by atomic mass is 32.1. The molecule has 0 bridgehead atoms. The van der Waals surface area contributed by atoms with Gasteiger partial charge in [-0.15, -0.1) is 11.3 Å². The first-order valence-corrected chi connectivity index (χ1v) is 14.8. The van der Waals surface area contributed by atoms with Crippen molar-refractivity contribution >= 4 is 17.2 Å². The number of aromatic amines is 2. The Hall–Kier alpha value is -3.27. The zero-order chi connectivity index (χ0) is 26.7. The molecule has 0 unspecified atom stereocenters. The molecular weight excluding hydrogens is 506 g/mol. The molecule has 1 aromatic carbocycles. The van der Waals surface area contributed by atoms with Gasteiger partial charge in [-0.25, -0.2) is 9.97 Å². The first-order valence-electron chi connectivity index (χ1n) is 13.9. The van der Waals surface area contributed by atoms with Gasteiger partial charge in [0.1, 0.15) is 11.6 Å². The van der Waals surface area contributed by atoms with Crippen LogP contribution in [0.15, 0.2) is 60.5 Å². The Morgan fingerprint density at radius 1 is 0.949 bits per heavy atom. The third-order valence-corrected chi connectivity index (χ3v) is 9.32. The zero-order valence-electron chi connectivity index (χ0n) is 22.6. The number of thiophene rings is 1. The van der Waals surface area contributed by atoms with Crippen molar-refractivity contribution in [1.82, 2.24) is 34.6 Å². The minimum atomic E-state index is -0.0288. The number of aromatic nitrogens is 4. The van der Waals surface area contributed by atoms with E-state index in [4.69, 9.17) is 0 Å². The standard InChI is InChI=1S/C30H37N7OS/c1-23-16-26(39-21-23)18-35-13-6-30(7-14-35)8-15-36(22-30)17-24-2-4-25(5-3-24)29(38)37(19-27-31-9-10-32-27)20-28-33-11-12-34-28/h2-5,9-12,16,21H,6-8,13-15,17-20,22H2,1H3,(H,31,32)(H,33,34). The number of H-pyrrole nitrogens is 2. The second-order valence-electron chi connectivity index (χ2n) is 11.3. The molecule has 9 heteroatoms. The lowest BCUT2D eigenvalue weighted by molar-refractivity contribution is 0.0721. The normalized spacial score (nSPS) is 17.7. The Kier molecular flexibility index (Phi) is 7.63.